The SMILES string of the molecule is CC1CCC(N2CC(CN)CC2C)C(C)C1. The van der Waals surface area contributed by atoms with E-state index in [4.69, 9.17) is 5.73 Å². The Morgan fingerprint density at radius 2 is 1.88 bits per heavy atom. The van der Waals surface area contributed by atoms with Crippen LogP contribution in [0.3, 0.4) is 0 Å². The van der Waals surface area contributed by atoms with E-state index in [1.165, 1.54) is 32.2 Å². The molecule has 94 valence electrons. The standard InChI is InChI=1S/C14H28N2/c1-10-4-5-14(11(2)6-10)16-9-13(8-15)7-12(16)3/h10-14H,4-9,15H2,1-3H3. The van der Waals surface area contributed by atoms with Crippen molar-refractivity contribution < 1.29 is 0 Å². The van der Waals surface area contributed by atoms with Crippen molar-refractivity contribution in [2.45, 2.75) is 58.5 Å². The van der Waals surface area contributed by atoms with Crippen LogP contribution in [0, 0.1) is 17.8 Å². The zero-order valence-corrected chi connectivity index (χ0v) is 11.2. The van der Waals surface area contributed by atoms with E-state index in [9.17, 15) is 0 Å². The summed E-state index contributed by atoms with van der Waals surface area (Å²) in [6.07, 6.45) is 5.56. The van der Waals surface area contributed by atoms with E-state index in [1.807, 2.05) is 0 Å². The van der Waals surface area contributed by atoms with Crippen LogP contribution >= 0.6 is 0 Å². The molecule has 0 spiro atoms. The minimum Gasteiger partial charge on any atom is -0.330 e. The van der Waals surface area contributed by atoms with Crippen molar-refractivity contribution in [3.63, 3.8) is 0 Å². The fourth-order valence-corrected chi connectivity index (χ4v) is 3.95. The highest BCUT2D eigenvalue weighted by Gasteiger charge is 2.37. The van der Waals surface area contributed by atoms with Crippen molar-refractivity contribution in [3.05, 3.63) is 0 Å². The second-order valence-electron chi connectivity index (χ2n) is 6.35. The van der Waals surface area contributed by atoms with Crippen LogP contribution in [0.5, 0.6) is 0 Å². The van der Waals surface area contributed by atoms with E-state index in [0.29, 0.717) is 0 Å². The minimum atomic E-state index is 0.751. The van der Waals surface area contributed by atoms with Gasteiger partial charge in [0.25, 0.3) is 0 Å². The van der Waals surface area contributed by atoms with Crippen LogP contribution < -0.4 is 5.73 Å². The number of hydrogen-bond acceptors (Lipinski definition) is 2. The van der Waals surface area contributed by atoms with Gasteiger partial charge in [0.1, 0.15) is 0 Å². The normalized spacial score (nSPS) is 46.1. The Bertz CT molecular complexity index is 229. The maximum Gasteiger partial charge on any atom is 0.0124 e. The van der Waals surface area contributed by atoms with Gasteiger partial charge < -0.3 is 5.73 Å². The van der Waals surface area contributed by atoms with Gasteiger partial charge in [-0.2, -0.15) is 0 Å². The molecule has 0 radical (unpaired) electrons. The van der Waals surface area contributed by atoms with Gasteiger partial charge in [0.05, 0.1) is 0 Å². The lowest BCUT2D eigenvalue weighted by molar-refractivity contribution is 0.0864. The molecular formula is C14H28N2. The Labute approximate surface area is 101 Å². The molecule has 2 aliphatic rings. The van der Waals surface area contributed by atoms with E-state index < -0.39 is 0 Å². The molecule has 1 saturated heterocycles. The van der Waals surface area contributed by atoms with Gasteiger partial charge >= 0.3 is 0 Å². The molecule has 2 nitrogen and oxygen atoms in total. The molecule has 0 aromatic heterocycles. The van der Waals surface area contributed by atoms with Crippen molar-refractivity contribution in [1.82, 2.24) is 4.90 Å². The van der Waals surface area contributed by atoms with Gasteiger partial charge in [-0.05, 0) is 56.9 Å². The molecule has 1 aliphatic carbocycles. The Hall–Kier alpha value is -0.0800. The molecule has 0 aromatic rings. The van der Waals surface area contributed by atoms with Crippen molar-refractivity contribution in [2.75, 3.05) is 13.1 Å². The third-order valence-corrected chi connectivity index (χ3v) is 4.86. The van der Waals surface area contributed by atoms with Crippen LogP contribution in [0.2, 0.25) is 0 Å². The summed E-state index contributed by atoms with van der Waals surface area (Å²) in [5.41, 5.74) is 5.82. The Morgan fingerprint density at radius 1 is 1.12 bits per heavy atom. The van der Waals surface area contributed by atoms with E-state index >= 15 is 0 Å². The highest BCUT2D eigenvalue weighted by molar-refractivity contribution is 4.91. The summed E-state index contributed by atoms with van der Waals surface area (Å²) < 4.78 is 0. The first-order valence-corrected chi connectivity index (χ1v) is 7.07. The minimum absolute atomic E-state index is 0.751. The first-order valence-electron chi connectivity index (χ1n) is 7.07. The van der Waals surface area contributed by atoms with Gasteiger partial charge in [-0.3, -0.25) is 4.90 Å². The van der Waals surface area contributed by atoms with Crippen molar-refractivity contribution >= 4 is 0 Å². The summed E-state index contributed by atoms with van der Waals surface area (Å²) in [5, 5.41) is 0. The molecule has 1 heterocycles. The maximum absolute atomic E-state index is 5.82. The van der Waals surface area contributed by atoms with Crippen LogP contribution in [0.25, 0.3) is 0 Å². The van der Waals surface area contributed by atoms with E-state index in [1.54, 1.807) is 0 Å². The zero-order valence-electron chi connectivity index (χ0n) is 11.2. The molecule has 2 heteroatoms. The van der Waals surface area contributed by atoms with Gasteiger partial charge in [0.2, 0.25) is 0 Å². The molecule has 2 fully saturated rings. The molecule has 1 saturated carbocycles. The third-order valence-electron chi connectivity index (χ3n) is 4.86. The van der Waals surface area contributed by atoms with Gasteiger partial charge in [0, 0.05) is 18.6 Å². The highest BCUT2D eigenvalue weighted by atomic mass is 15.2. The summed E-state index contributed by atoms with van der Waals surface area (Å²) in [7, 11) is 0. The van der Waals surface area contributed by atoms with Crippen LogP contribution in [0.1, 0.15) is 46.5 Å². The first-order chi connectivity index (χ1) is 7.61. The summed E-state index contributed by atoms with van der Waals surface area (Å²) in [4.78, 5) is 2.76. The fourth-order valence-electron chi connectivity index (χ4n) is 3.95. The predicted molar refractivity (Wildman–Crippen MR) is 69.3 cm³/mol. The van der Waals surface area contributed by atoms with Gasteiger partial charge in [-0.15, -0.1) is 0 Å². The van der Waals surface area contributed by atoms with Gasteiger partial charge in [-0.25, -0.2) is 0 Å². The Morgan fingerprint density at radius 3 is 2.44 bits per heavy atom. The molecule has 1 aliphatic heterocycles. The average molecular weight is 224 g/mol. The molecule has 0 bridgehead atoms. The van der Waals surface area contributed by atoms with Gasteiger partial charge in [-0.1, -0.05) is 13.8 Å². The number of nitrogens with zero attached hydrogens (tertiary/aromatic N) is 1. The lowest BCUT2D eigenvalue weighted by atomic mass is 9.79. The smallest absolute Gasteiger partial charge is 0.0124 e. The van der Waals surface area contributed by atoms with Crippen LogP contribution in [0.15, 0.2) is 0 Å². The lowest BCUT2D eigenvalue weighted by Crippen LogP contribution is -2.44. The topological polar surface area (TPSA) is 29.3 Å². The summed E-state index contributed by atoms with van der Waals surface area (Å²) in [5.74, 6) is 2.57. The van der Waals surface area contributed by atoms with Gasteiger partial charge in [0.15, 0.2) is 0 Å². The van der Waals surface area contributed by atoms with Crippen molar-refractivity contribution in [1.29, 1.82) is 0 Å². The fraction of sp³-hybridized carbons (Fsp3) is 1.00. The summed E-state index contributed by atoms with van der Waals surface area (Å²) in [6.45, 7) is 9.37. The molecule has 2 rings (SSSR count). The van der Waals surface area contributed by atoms with Crippen molar-refractivity contribution in [2.24, 2.45) is 23.5 Å². The number of likely N-dealkylation sites (tertiary alicyclic amines) is 1. The highest BCUT2D eigenvalue weighted by Crippen LogP contribution is 2.36. The second kappa shape index (κ2) is 5.05. The zero-order chi connectivity index (χ0) is 11.7. The third kappa shape index (κ3) is 2.43. The Kier molecular flexibility index (Phi) is 3.91. The van der Waals surface area contributed by atoms with E-state index in [0.717, 1.165) is 36.4 Å². The average Bonchev–Trinajstić information content (AvgIpc) is 2.60. The van der Waals surface area contributed by atoms with Crippen molar-refractivity contribution in [3.8, 4) is 0 Å². The molecule has 16 heavy (non-hydrogen) atoms. The first kappa shape index (κ1) is 12.4. The number of nitrogens with two attached hydrogens (primary N) is 1. The van der Waals surface area contributed by atoms with Crippen LogP contribution in [-0.4, -0.2) is 30.1 Å². The maximum atomic E-state index is 5.82. The number of hydrogen-bond donors (Lipinski definition) is 1. The monoisotopic (exact) mass is 224 g/mol. The lowest BCUT2D eigenvalue weighted by Gasteiger charge is -2.40. The predicted octanol–water partition coefficient (Wildman–Crippen LogP) is 2.48. The second-order valence-corrected chi connectivity index (χ2v) is 6.35. The van der Waals surface area contributed by atoms with Crippen LogP contribution in [-0.2, 0) is 0 Å². The largest absolute Gasteiger partial charge is 0.330 e. The van der Waals surface area contributed by atoms with E-state index in [-0.39, 0.29) is 0 Å². The summed E-state index contributed by atoms with van der Waals surface area (Å²) in [6, 6.07) is 1.59. The molecular weight excluding hydrogens is 196 g/mol. The molecule has 5 unspecified atom stereocenters. The summed E-state index contributed by atoms with van der Waals surface area (Å²) >= 11 is 0. The molecule has 0 amide bonds. The Balaban J connectivity index is 1.96. The van der Waals surface area contributed by atoms with E-state index in [2.05, 4.69) is 25.7 Å². The number of rotatable bonds is 2. The quantitative estimate of drug-likeness (QED) is 0.781. The molecule has 2 N–H and O–H groups in total. The van der Waals surface area contributed by atoms with Crippen LogP contribution in [0.4, 0.5) is 0 Å². The molecule has 5 atom stereocenters. The molecule has 0 aromatic carbocycles.